The SMILES string of the molecule is CC1CCCC(C)N1Cc1cncc(-c2ccc3[nH]nc(C(=O)Nc4cccnc4)c3c2)c1. The Balaban J connectivity index is 1.41. The normalized spacial score (nSPS) is 19.0. The van der Waals surface area contributed by atoms with Gasteiger partial charge in [0.15, 0.2) is 5.69 Å². The highest BCUT2D eigenvalue weighted by Crippen LogP contribution is 2.28. The average molecular weight is 441 g/mol. The molecule has 1 amide bonds. The molecule has 1 aliphatic rings. The first-order chi connectivity index (χ1) is 16.1. The number of piperidine rings is 1. The van der Waals surface area contributed by atoms with Gasteiger partial charge in [-0.15, -0.1) is 0 Å². The number of aromatic amines is 1. The van der Waals surface area contributed by atoms with Crippen LogP contribution in [0.3, 0.4) is 0 Å². The fraction of sp³-hybridized carbons (Fsp3) is 0.308. The summed E-state index contributed by atoms with van der Waals surface area (Å²) in [4.78, 5) is 24.0. The van der Waals surface area contributed by atoms with Gasteiger partial charge in [-0.1, -0.05) is 12.5 Å². The minimum absolute atomic E-state index is 0.272. The van der Waals surface area contributed by atoms with Crippen LogP contribution >= 0.6 is 0 Å². The van der Waals surface area contributed by atoms with E-state index < -0.39 is 0 Å². The summed E-state index contributed by atoms with van der Waals surface area (Å²) in [6.45, 7) is 5.53. The lowest BCUT2D eigenvalue weighted by molar-refractivity contribution is 0.0952. The molecule has 4 heterocycles. The fourth-order valence-corrected chi connectivity index (χ4v) is 4.72. The van der Waals surface area contributed by atoms with Crippen molar-refractivity contribution in [2.45, 2.75) is 51.7 Å². The number of H-pyrrole nitrogens is 1. The zero-order valence-corrected chi connectivity index (χ0v) is 19.0. The predicted molar refractivity (Wildman–Crippen MR) is 130 cm³/mol. The molecular formula is C26H28N6O. The Hall–Kier alpha value is -3.58. The summed E-state index contributed by atoms with van der Waals surface area (Å²) in [5.74, 6) is -0.272. The minimum atomic E-state index is -0.272. The highest BCUT2D eigenvalue weighted by atomic mass is 16.1. The van der Waals surface area contributed by atoms with Crippen LogP contribution in [0.4, 0.5) is 5.69 Å². The van der Waals surface area contributed by atoms with E-state index in [0.717, 1.165) is 28.6 Å². The number of rotatable bonds is 5. The van der Waals surface area contributed by atoms with Crippen molar-refractivity contribution < 1.29 is 4.79 Å². The lowest BCUT2D eigenvalue weighted by Crippen LogP contribution is -2.42. The van der Waals surface area contributed by atoms with Gasteiger partial charge in [0.1, 0.15) is 0 Å². The first-order valence-electron chi connectivity index (χ1n) is 11.5. The molecule has 0 radical (unpaired) electrons. The van der Waals surface area contributed by atoms with Gasteiger partial charge < -0.3 is 5.32 Å². The number of nitrogens with zero attached hydrogens (tertiary/aromatic N) is 4. The van der Waals surface area contributed by atoms with Crippen LogP contribution in [-0.2, 0) is 6.54 Å². The molecule has 168 valence electrons. The molecule has 7 heteroatoms. The minimum Gasteiger partial charge on any atom is -0.319 e. The Morgan fingerprint density at radius 1 is 1.06 bits per heavy atom. The Labute approximate surface area is 193 Å². The lowest BCUT2D eigenvalue weighted by Gasteiger charge is -2.39. The number of aromatic nitrogens is 4. The summed E-state index contributed by atoms with van der Waals surface area (Å²) < 4.78 is 0. The Morgan fingerprint density at radius 3 is 2.70 bits per heavy atom. The maximum absolute atomic E-state index is 12.8. The second kappa shape index (κ2) is 9.11. The highest BCUT2D eigenvalue weighted by Gasteiger charge is 2.24. The van der Waals surface area contributed by atoms with E-state index >= 15 is 0 Å². The van der Waals surface area contributed by atoms with Gasteiger partial charge in [-0.05, 0) is 68.1 Å². The van der Waals surface area contributed by atoms with Crippen LogP contribution in [-0.4, -0.2) is 43.1 Å². The number of hydrogen-bond donors (Lipinski definition) is 2. The first kappa shape index (κ1) is 21.3. The van der Waals surface area contributed by atoms with Crippen LogP contribution in [0.5, 0.6) is 0 Å². The number of carbonyl (C=O) groups is 1. The molecule has 0 saturated carbocycles. The third kappa shape index (κ3) is 4.50. The molecule has 1 aromatic carbocycles. The second-order valence-corrected chi connectivity index (χ2v) is 8.91. The first-order valence-corrected chi connectivity index (χ1v) is 11.5. The lowest BCUT2D eigenvalue weighted by atomic mass is 9.96. The summed E-state index contributed by atoms with van der Waals surface area (Å²) in [5.41, 5.74) is 5.05. The van der Waals surface area contributed by atoms with E-state index in [1.807, 2.05) is 30.6 Å². The van der Waals surface area contributed by atoms with E-state index in [0.29, 0.717) is 23.5 Å². The number of nitrogens with one attached hydrogen (secondary N) is 2. The summed E-state index contributed by atoms with van der Waals surface area (Å²) in [6.07, 6.45) is 10.9. The molecule has 1 fully saturated rings. The molecule has 1 aliphatic heterocycles. The van der Waals surface area contributed by atoms with E-state index in [2.05, 4.69) is 50.3 Å². The zero-order chi connectivity index (χ0) is 22.8. The van der Waals surface area contributed by atoms with Crippen molar-refractivity contribution in [3.05, 3.63) is 72.4 Å². The fourth-order valence-electron chi connectivity index (χ4n) is 4.72. The summed E-state index contributed by atoms with van der Waals surface area (Å²) in [7, 11) is 0. The maximum Gasteiger partial charge on any atom is 0.276 e. The summed E-state index contributed by atoms with van der Waals surface area (Å²) >= 11 is 0. The van der Waals surface area contributed by atoms with Crippen LogP contribution < -0.4 is 5.32 Å². The largest absolute Gasteiger partial charge is 0.319 e. The number of hydrogen-bond acceptors (Lipinski definition) is 5. The van der Waals surface area contributed by atoms with Gasteiger partial charge in [0.05, 0.1) is 17.4 Å². The molecule has 3 aromatic heterocycles. The number of likely N-dealkylation sites (tertiary alicyclic amines) is 1. The van der Waals surface area contributed by atoms with E-state index in [1.165, 1.54) is 24.8 Å². The van der Waals surface area contributed by atoms with Gasteiger partial charge in [0.25, 0.3) is 5.91 Å². The van der Waals surface area contributed by atoms with Gasteiger partial charge in [0, 0.05) is 48.2 Å². The molecule has 7 nitrogen and oxygen atoms in total. The summed E-state index contributed by atoms with van der Waals surface area (Å²) in [6, 6.07) is 13.0. The van der Waals surface area contributed by atoms with Crippen LogP contribution in [0.25, 0.3) is 22.0 Å². The van der Waals surface area contributed by atoms with Gasteiger partial charge in [-0.25, -0.2) is 0 Å². The van der Waals surface area contributed by atoms with Gasteiger partial charge in [-0.2, -0.15) is 5.10 Å². The summed E-state index contributed by atoms with van der Waals surface area (Å²) in [5, 5.41) is 10.9. The molecular weight excluding hydrogens is 412 g/mol. The molecule has 0 aliphatic carbocycles. The van der Waals surface area contributed by atoms with Crippen molar-refractivity contribution in [2.24, 2.45) is 0 Å². The Bertz CT molecular complexity index is 1260. The maximum atomic E-state index is 12.8. The van der Waals surface area contributed by atoms with E-state index in [-0.39, 0.29) is 5.91 Å². The number of amides is 1. The molecule has 0 spiro atoms. The van der Waals surface area contributed by atoms with Crippen molar-refractivity contribution >= 4 is 22.5 Å². The molecule has 2 unspecified atom stereocenters. The van der Waals surface area contributed by atoms with Crippen molar-refractivity contribution in [1.82, 2.24) is 25.1 Å². The third-order valence-electron chi connectivity index (χ3n) is 6.57. The Morgan fingerprint density at radius 2 is 1.91 bits per heavy atom. The van der Waals surface area contributed by atoms with Gasteiger partial charge >= 0.3 is 0 Å². The topological polar surface area (TPSA) is 86.8 Å². The number of pyridine rings is 2. The van der Waals surface area contributed by atoms with Crippen LogP contribution in [0.1, 0.15) is 49.2 Å². The quantitative estimate of drug-likeness (QED) is 0.454. The standard InChI is InChI=1S/C26H28N6O/c1-17-5-3-6-18(2)32(17)16-19-11-21(14-28-13-19)20-8-9-24-23(12-20)25(31-30-24)26(33)29-22-7-4-10-27-15-22/h4,7-15,17-18H,3,5-6,16H2,1-2H3,(H,29,33)(H,30,31). The monoisotopic (exact) mass is 440 g/mol. The van der Waals surface area contributed by atoms with E-state index in [9.17, 15) is 4.79 Å². The van der Waals surface area contributed by atoms with Crippen molar-refractivity contribution in [1.29, 1.82) is 0 Å². The molecule has 4 aromatic rings. The van der Waals surface area contributed by atoms with Crippen molar-refractivity contribution in [3.8, 4) is 11.1 Å². The second-order valence-electron chi connectivity index (χ2n) is 8.91. The van der Waals surface area contributed by atoms with Crippen LogP contribution in [0.15, 0.2) is 61.2 Å². The Kier molecular flexibility index (Phi) is 5.88. The van der Waals surface area contributed by atoms with E-state index in [1.54, 1.807) is 24.5 Å². The molecule has 0 bridgehead atoms. The van der Waals surface area contributed by atoms with Crippen molar-refractivity contribution in [2.75, 3.05) is 5.32 Å². The highest BCUT2D eigenvalue weighted by molar-refractivity contribution is 6.11. The predicted octanol–water partition coefficient (Wildman–Crippen LogP) is 5.04. The van der Waals surface area contributed by atoms with Crippen LogP contribution in [0, 0.1) is 0 Å². The number of fused-ring (bicyclic) bond motifs is 1. The number of benzene rings is 1. The number of anilines is 1. The molecule has 1 saturated heterocycles. The third-order valence-corrected chi connectivity index (χ3v) is 6.57. The molecule has 2 atom stereocenters. The smallest absolute Gasteiger partial charge is 0.276 e. The average Bonchev–Trinajstić information content (AvgIpc) is 3.26. The molecule has 5 rings (SSSR count). The zero-order valence-electron chi connectivity index (χ0n) is 19.0. The number of carbonyl (C=O) groups excluding carboxylic acids is 1. The van der Waals surface area contributed by atoms with Gasteiger partial charge in [-0.3, -0.25) is 24.8 Å². The van der Waals surface area contributed by atoms with Crippen LogP contribution in [0.2, 0.25) is 0 Å². The van der Waals surface area contributed by atoms with Gasteiger partial charge in [0.2, 0.25) is 0 Å². The molecule has 33 heavy (non-hydrogen) atoms. The van der Waals surface area contributed by atoms with Crippen molar-refractivity contribution in [3.63, 3.8) is 0 Å². The van der Waals surface area contributed by atoms with E-state index in [4.69, 9.17) is 0 Å². The molecule has 2 N–H and O–H groups in total.